The van der Waals surface area contributed by atoms with Gasteiger partial charge in [0.15, 0.2) is 0 Å². The van der Waals surface area contributed by atoms with Gasteiger partial charge in [0, 0.05) is 81.3 Å². The van der Waals surface area contributed by atoms with E-state index in [0.29, 0.717) is 0 Å². The first-order valence-electron chi connectivity index (χ1n) is 33.6. The van der Waals surface area contributed by atoms with E-state index in [9.17, 15) is 0 Å². The predicted octanol–water partition coefficient (Wildman–Crippen LogP) is 20.8. The van der Waals surface area contributed by atoms with Crippen LogP contribution in [0.5, 0.6) is 0 Å². The molecule has 12 rings (SSSR count). The van der Waals surface area contributed by atoms with Crippen molar-refractivity contribution in [1.29, 1.82) is 0 Å². The van der Waals surface area contributed by atoms with Crippen molar-refractivity contribution in [3.8, 4) is 0 Å². The Kier molecular flexibility index (Phi) is 71.0. The first kappa shape index (κ1) is 95.3. The number of hydrogen-bond donors (Lipinski definition) is 12. The van der Waals surface area contributed by atoms with Crippen molar-refractivity contribution in [3.05, 3.63) is 364 Å². The number of rotatable bonds is 8. The van der Waals surface area contributed by atoms with Gasteiger partial charge in [-0.2, -0.15) is 0 Å². The van der Waals surface area contributed by atoms with Gasteiger partial charge < -0.3 is 77.4 Å². The van der Waals surface area contributed by atoms with Crippen molar-refractivity contribution in [2.24, 2.45) is 0 Å². The summed E-state index contributed by atoms with van der Waals surface area (Å²) in [5, 5.41) is 13.0. The Morgan fingerprint density at radius 3 is 0.386 bits per heavy atom. The molecule has 0 saturated carbocycles. The van der Waals surface area contributed by atoms with E-state index in [2.05, 4.69) is 101 Å². The van der Waals surface area contributed by atoms with Crippen LogP contribution in [-0.4, -0.2) is 32.0 Å². The molecule has 0 aromatic heterocycles. The molecule has 0 aliphatic rings. The van der Waals surface area contributed by atoms with Gasteiger partial charge in [0.2, 0.25) is 0 Å². The number of anilines is 12. The minimum absolute atomic E-state index is 0. The van der Waals surface area contributed by atoms with Crippen molar-refractivity contribution in [3.63, 3.8) is 0 Å². The molecule has 0 radical (unpaired) electrons. The maximum absolute atomic E-state index is 8.00. The Balaban J connectivity index is -0.000000509. The third-order valence-corrected chi connectivity index (χ3v) is 10.8. The number of nitrogens with two attached hydrogens (primary N) is 8. The second-order valence-corrected chi connectivity index (χ2v) is 20.5. The van der Waals surface area contributed by atoms with Gasteiger partial charge in [-0.3, -0.25) is 0 Å². The fourth-order valence-electron chi connectivity index (χ4n) is 6.50. The zero-order valence-electron chi connectivity index (χ0n) is 61.1. The van der Waals surface area contributed by atoms with Crippen molar-refractivity contribution in [2.45, 2.75) is 74.7 Å². The summed E-state index contributed by atoms with van der Waals surface area (Å²) in [6.45, 7) is 21.6. The topological polar surface area (TPSA) is 305 Å². The number of hydrogen-bond acceptors (Lipinski definition) is 13. The molecule has 0 atom stereocenters. The Bertz CT molecular complexity index is 2910. The van der Waals surface area contributed by atoms with Gasteiger partial charge in [-0.05, 0) is 159 Å². The summed E-state index contributed by atoms with van der Waals surface area (Å²) in [5.41, 5.74) is 54.1. The van der Waals surface area contributed by atoms with Crippen LogP contribution in [0.1, 0.15) is 74.7 Å². The molecule has 14 nitrogen and oxygen atoms in total. The van der Waals surface area contributed by atoms with Gasteiger partial charge in [-0.15, -0.1) is 0 Å². The molecule has 0 fully saturated rings. The number of nitrogens with one attached hydrogen (secondary N) is 4. The van der Waals surface area contributed by atoms with E-state index < -0.39 is 0 Å². The molecule has 14 heteroatoms. The third-order valence-electron chi connectivity index (χ3n) is 10.8. The van der Waals surface area contributed by atoms with Crippen LogP contribution in [0.4, 0.5) is 68.2 Å². The molecule has 540 valence electrons. The normalized spacial score (nSPS) is 8.36. The lowest BCUT2D eigenvalue weighted by molar-refractivity contribution is -0.0980. The molecule has 0 aliphatic carbocycles. The highest BCUT2D eigenvalue weighted by atomic mass is 16.1. The van der Waals surface area contributed by atoms with Crippen LogP contribution in [0.25, 0.3) is 0 Å². The average Bonchev–Trinajstić information content (AvgIpc) is 3.82. The highest BCUT2D eigenvalue weighted by Gasteiger charge is 1.90. The number of carbonyl (C=O) groups is 1. The van der Waals surface area contributed by atoms with Crippen LogP contribution in [-0.2, 0) is 4.79 Å². The Labute approximate surface area is 607 Å². The Morgan fingerprint density at radius 1 is 0.198 bits per heavy atom. The molecule has 0 spiro atoms. The van der Waals surface area contributed by atoms with E-state index in [1.165, 1.54) is 30.6 Å². The lowest BCUT2D eigenvalue weighted by Crippen LogP contribution is -2.11. The van der Waals surface area contributed by atoms with Crippen LogP contribution in [0.15, 0.2) is 364 Å². The number of nitrogen functional groups attached to an aromatic ring is 8. The zero-order chi connectivity index (χ0) is 74.4. The maximum atomic E-state index is 8.00. The van der Waals surface area contributed by atoms with E-state index in [0.717, 1.165) is 76.6 Å². The fraction of sp³-hybridized carbons (Fsp3) is 0.161. The molecule has 22 N–H and O–H groups in total. The predicted molar refractivity (Wildman–Crippen MR) is 452 cm³/mol. The van der Waals surface area contributed by atoms with Gasteiger partial charge in [-0.25, -0.2) is 0 Å². The summed E-state index contributed by atoms with van der Waals surface area (Å²) < 4.78 is 0. The molecule has 12 aromatic rings. The monoisotopic (exact) mass is 1360 g/mol. The largest absolute Gasteiger partial charge is 0.412 e. The number of carbonyl (C=O) groups excluding carboxylic acids is 1. The van der Waals surface area contributed by atoms with Crippen molar-refractivity contribution >= 4 is 75.0 Å². The molecule has 0 heterocycles. The minimum atomic E-state index is 0. The molecule has 0 aliphatic heterocycles. The van der Waals surface area contributed by atoms with Crippen LogP contribution in [0, 0.1) is 0 Å². The molecular formula is C87H120N12O2. The van der Waals surface area contributed by atoms with Gasteiger partial charge in [-0.1, -0.05) is 279 Å². The lowest BCUT2D eigenvalue weighted by Gasteiger charge is -2.08. The fourth-order valence-corrected chi connectivity index (χ4v) is 6.50. The summed E-state index contributed by atoms with van der Waals surface area (Å²) in [7, 11) is 0. The Hall–Kier alpha value is -12.1. The third kappa shape index (κ3) is 70.5. The van der Waals surface area contributed by atoms with Crippen LogP contribution in [0.3, 0.4) is 0 Å². The quantitative estimate of drug-likeness (QED) is 0.0498. The summed E-state index contributed by atoms with van der Waals surface area (Å²) in [4.78, 5) is 8.00. The van der Waals surface area contributed by atoms with E-state index in [-0.39, 0.29) is 5.48 Å². The smallest absolute Gasteiger partial charge is 0.106 e. The standard InChI is InChI=1S/C13H14N2.2C8H11N.8C6H7N.3C3H8.CH2O.H2O/c1-3-7-12(8-4-1)14-11-15-13-9-5-2-6-10-13;2*1-2-9-8-6-4-3-5-7-8;8*7-6-4-2-1-3-5-6;3*1-3-2;1-2;/h1-10,14-15H,11H2;2*3-7,9H,2H2,1H3;8*1-5H,7H2;3*3H2,1-2H3;1H2;1H2. The van der Waals surface area contributed by atoms with E-state index in [4.69, 9.17) is 50.7 Å². The molecule has 0 unspecified atom stereocenters. The first-order chi connectivity index (χ1) is 48.7. The average molecular weight is 1370 g/mol. The van der Waals surface area contributed by atoms with Crippen LogP contribution in [0.2, 0.25) is 0 Å². The second kappa shape index (κ2) is 75.3. The van der Waals surface area contributed by atoms with Gasteiger partial charge in [0.05, 0.1) is 6.67 Å². The number of para-hydroxylation sites is 12. The second-order valence-electron chi connectivity index (χ2n) is 20.5. The summed E-state index contributed by atoms with van der Waals surface area (Å²) in [6.07, 6.45) is 3.75. The summed E-state index contributed by atoms with van der Waals surface area (Å²) in [5.74, 6) is 0. The van der Waals surface area contributed by atoms with E-state index in [1.807, 2.05) is 347 Å². The highest BCUT2D eigenvalue weighted by Crippen LogP contribution is 2.08. The summed E-state index contributed by atoms with van der Waals surface area (Å²) in [6, 6.07) is 117. The Morgan fingerprint density at radius 2 is 0.297 bits per heavy atom. The van der Waals surface area contributed by atoms with Gasteiger partial charge in [0.25, 0.3) is 0 Å². The van der Waals surface area contributed by atoms with Crippen molar-refractivity contribution < 1.29 is 10.3 Å². The first-order valence-corrected chi connectivity index (χ1v) is 33.6. The van der Waals surface area contributed by atoms with Crippen LogP contribution >= 0.6 is 0 Å². The van der Waals surface area contributed by atoms with E-state index in [1.54, 1.807) is 0 Å². The molecule has 0 saturated heterocycles. The molecule has 0 amide bonds. The van der Waals surface area contributed by atoms with Crippen LogP contribution < -0.4 is 67.1 Å². The SMILES string of the molecule is C=O.CCC.CCC.CCC.CCNc1ccccc1.CCNc1ccccc1.Nc1ccccc1.Nc1ccccc1.Nc1ccccc1.Nc1ccccc1.Nc1ccccc1.Nc1ccccc1.Nc1ccccc1.Nc1ccccc1.O.c1ccc(NCNc2ccccc2)cc1. The van der Waals surface area contributed by atoms with E-state index >= 15 is 0 Å². The van der Waals surface area contributed by atoms with Gasteiger partial charge >= 0.3 is 0 Å². The zero-order valence-corrected chi connectivity index (χ0v) is 61.1. The number of benzene rings is 12. The molecular weight excluding hydrogens is 1250 g/mol. The van der Waals surface area contributed by atoms with Gasteiger partial charge in [0.1, 0.15) is 6.79 Å². The molecule has 12 aromatic carbocycles. The highest BCUT2D eigenvalue weighted by molar-refractivity contribution is 5.48. The maximum Gasteiger partial charge on any atom is 0.106 e. The van der Waals surface area contributed by atoms with Crippen molar-refractivity contribution in [2.75, 3.05) is 86.9 Å². The lowest BCUT2D eigenvalue weighted by atomic mass is 10.3. The molecule has 0 bridgehead atoms. The summed E-state index contributed by atoms with van der Waals surface area (Å²) >= 11 is 0. The molecule has 101 heavy (non-hydrogen) atoms. The van der Waals surface area contributed by atoms with Crippen molar-refractivity contribution in [1.82, 2.24) is 0 Å². The minimum Gasteiger partial charge on any atom is -0.412 e.